The van der Waals surface area contributed by atoms with Gasteiger partial charge in [-0.2, -0.15) is 0 Å². The first-order valence-corrected chi connectivity index (χ1v) is 6.33. The molecule has 1 aromatic rings. The SMILES string of the molecule is CCCCNC(=O)c1ccc(CBr)cc1. The van der Waals surface area contributed by atoms with Gasteiger partial charge in [0.25, 0.3) is 5.91 Å². The van der Waals surface area contributed by atoms with Gasteiger partial charge in [0.15, 0.2) is 0 Å². The van der Waals surface area contributed by atoms with Gasteiger partial charge in [0.05, 0.1) is 0 Å². The Balaban J connectivity index is 2.50. The Morgan fingerprint density at radius 2 is 2.00 bits per heavy atom. The van der Waals surface area contributed by atoms with Crippen molar-refractivity contribution in [2.75, 3.05) is 6.54 Å². The van der Waals surface area contributed by atoms with Crippen LogP contribution in [0.15, 0.2) is 24.3 Å². The van der Waals surface area contributed by atoms with E-state index in [0.717, 1.165) is 30.3 Å². The van der Waals surface area contributed by atoms with Crippen LogP contribution in [-0.4, -0.2) is 12.5 Å². The van der Waals surface area contributed by atoms with Crippen LogP contribution in [0.4, 0.5) is 0 Å². The molecular formula is C12H16BrNO. The van der Waals surface area contributed by atoms with Crippen LogP contribution in [-0.2, 0) is 5.33 Å². The van der Waals surface area contributed by atoms with E-state index in [0.29, 0.717) is 0 Å². The average molecular weight is 270 g/mol. The van der Waals surface area contributed by atoms with Crippen molar-refractivity contribution in [2.45, 2.75) is 25.1 Å². The summed E-state index contributed by atoms with van der Waals surface area (Å²) in [5, 5.41) is 3.71. The first kappa shape index (κ1) is 12.2. The van der Waals surface area contributed by atoms with Crippen LogP contribution >= 0.6 is 15.9 Å². The lowest BCUT2D eigenvalue weighted by Gasteiger charge is -2.04. The molecule has 82 valence electrons. The standard InChI is InChI=1S/C12H16BrNO/c1-2-3-8-14-12(15)11-6-4-10(9-13)5-7-11/h4-7H,2-3,8-9H2,1H3,(H,14,15). The van der Waals surface area contributed by atoms with Crippen molar-refractivity contribution in [1.29, 1.82) is 0 Å². The molecule has 1 N–H and O–H groups in total. The zero-order chi connectivity index (χ0) is 11.1. The van der Waals surface area contributed by atoms with Gasteiger partial charge in [-0.15, -0.1) is 0 Å². The lowest BCUT2D eigenvalue weighted by atomic mass is 10.1. The summed E-state index contributed by atoms with van der Waals surface area (Å²) in [6, 6.07) is 7.64. The van der Waals surface area contributed by atoms with Gasteiger partial charge in [0.1, 0.15) is 0 Å². The van der Waals surface area contributed by atoms with Crippen LogP contribution in [0.3, 0.4) is 0 Å². The number of hydrogen-bond acceptors (Lipinski definition) is 1. The fourth-order valence-electron chi connectivity index (χ4n) is 1.23. The fraction of sp³-hybridized carbons (Fsp3) is 0.417. The Labute approximate surface area is 99.2 Å². The predicted octanol–water partition coefficient (Wildman–Crippen LogP) is 3.11. The number of carbonyl (C=O) groups excluding carboxylic acids is 1. The minimum atomic E-state index is 0.0181. The third-order valence-electron chi connectivity index (χ3n) is 2.19. The van der Waals surface area contributed by atoms with Gasteiger partial charge in [-0.3, -0.25) is 4.79 Å². The number of unbranched alkanes of at least 4 members (excludes halogenated alkanes) is 1. The van der Waals surface area contributed by atoms with Crippen molar-refractivity contribution in [3.8, 4) is 0 Å². The van der Waals surface area contributed by atoms with Gasteiger partial charge in [-0.1, -0.05) is 41.4 Å². The largest absolute Gasteiger partial charge is 0.352 e. The number of nitrogens with one attached hydrogen (secondary N) is 1. The van der Waals surface area contributed by atoms with Gasteiger partial charge in [0.2, 0.25) is 0 Å². The molecule has 0 aliphatic heterocycles. The van der Waals surface area contributed by atoms with E-state index in [1.807, 2.05) is 24.3 Å². The van der Waals surface area contributed by atoms with Gasteiger partial charge in [-0.05, 0) is 24.1 Å². The van der Waals surface area contributed by atoms with E-state index < -0.39 is 0 Å². The van der Waals surface area contributed by atoms with E-state index in [1.54, 1.807) is 0 Å². The summed E-state index contributed by atoms with van der Waals surface area (Å²) in [6.45, 7) is 2.87. The number of halogens is 1. The smallest absolute Gasteiger partial charge is 0.251 e. The monoisotopic (exact) mass is 269 g/mol. The molecule has 0 heterocycles. The minimum absolute atomic E-state index is 0.0181. The zero-order valence-electron chi connectivity index (χ0n) is 8.92. The highest BCUT2D eigenvalue weighted by Crippen LogP contribution is 2.07. The van der Waals surface area contributed by atoms with Crippen LogP contribution in [0, 0.1) is 0 Å². The lowest BCUT2D eigenvalue weighted by Crippen LogP contribution is -2.24. The quantitative estimate of drug-likeness (QED) is 0.646. The van der Waals surface area contributed by atoms with Crippen LogP contribution in [0.25, 0.3) is 0 Å². The maximum Gasteiger partial charge on any atom is 0.251 e. The molecule has 0 fully saturated rings. The molecule has 0 radical (unpaired) electrons. The maximum atomic E-state index is 11.6. The van der Waals surface area contributed by atoms with Gasteiger partial charge in [-0.25, -0.2) is 0 Å². The molecule has 0 saturated heterocycles. The molecule has 0 spiro atoms. The second kappa shape index (κ2) is 6.62. The normalized spacial score (nSPS) is 10.0. The van der Waals surface area contributed by atoms with E-state index >= 15 is 0 Å². The molecule has 0 atom stereocenters. The topological polar surface area (TPSA) is 29.1 Å². The summed E-state index contributed by atoms with van der Waals surface area (Å²) in [4.78, 5) is 11.6. The molecule has 2 nitrogen and oxygen atoms in total. The molecule has 0 aromatic heterocycles. The van der Waals surface area contributed by atoms with Gasteiger partial charge >= 0.3 is 0 Å². The maximum absolute atomic E-state index is 11.6. The highest BCUT2D eigenvalue weighted by atomic mass is 79.9. The van der Waals surface area contributed by atoms with Crippen LogP contribution < -0.4 is 5.32 Å². The van der Waals surface area contributed by atoms with Gasteiger partial charge < -0.3 is 5.32 Å². The Morgan fingerprint density at radius 1 is 1.33 bits per heavy atom. The van der Waals surface area contributed by atoms with Crippen molar-refractivity contribution in [3.05, 3.63) is 35.4 Å². The number of hydrogen-bond donors (Lipinski definition) is 1. The first-order valence-electron chi connectivity index (χ1n) is 5.21. The summed E-state index contributed by atoms with van der Waals surface area (Å²) in [5.41, 5.74) is 1.91. The summed E-state index contributed by atoms with van der Waals surface area (Å²) in [7, 11) is 0. The number of rotatable bonds is 5. The zero-order valence-corrected chi connectivity index (χ0v) is 10.5. The van der Waals surface area contributed by atoms with Crippen molar-refractivity contribution >= 4 is 21.8 Å². The van der Waals surface area contributed by atoms with Crippen molar-refractivity contribution in [1.82, 2.24) is 5.32 Å². The molecule has 0 aliphatic rings. The summed E-state index contributed by atoms with van der Waals surface area (Å²) >= 11 is 3.37. The molecule has 15 heavy (non-hydrogen) atoms. The summed E-state index contributed by atoms with van der Waals surface area (Å²) in [5.74, 6) is 0.0181. The van der Waals surface area contributed by atoms with E-state index in [9.17, 15) is 4.79 Å². The number of amides is 1. The molecule has 0 aliphatic carbocycles. The third kappa shape index (κ3) is 4.04. The van der Waals surface area contributed by atoms with E-state index in [4.69, 9.17) is 0 Å². The molecule has 0 saturated carbocycles. The van der Waals surface area contributed by atoms with Gasteiger partial charge in [0, 0.05) is 17.4 Å². The van der Waals surface area contributed by atoms with Crippen LogP contribution in [0.1, 0.15) is 35.7 Å². The fourth-order valence-corrected chi connectivity index (χ4v) is 1.60. The second-order valence-corrected chi connectivity index (χ2v) is 4.00. The summed E-state index contributed by atoms with van der Waals surface area (Å²) < 4.78 is 0. The van der Waals surface area contributed by atoms with E-state index in [-0.39, 0.29) is 5.91 Å². The molecule has 3 heteroatoms. The first-order chi connectivity index (χ1) is 7.27. The van der Waals surface area contributed by atoms with E-state index in [2.05, 4.69) is 28.2 Å². The van der Waals surface area contributed by atoms with Crippen LogP contribution in [0.5, 0.6) is 0 Å². The predicted molar refractivity (Wildman–Crippen MR) is 66.3 cm³/mol. The highest BCUT2D eigenvalue weighted by Gasteiger charge is 2.03. The number of alkyl halides is 1. The van der Waals surface area contributed by atoms with Crippen molar-refractivity contribution < 1.29 is 4.79 Å². The Kier molecular flexibility index (Phi) is 5.40. The minimum Gasteiger partial charge on any atom is -0.352 e. The van der Waals surface area contributed by atoms with E-state index in [1.165, 1.54) is 5.56 Å². The molecule has 1 rings (SSSR count). The molecule has 0 bridgehead atoms. The van der Waals surface area contributed by atoms with Crippen molar-refractivity contribution in [3.63, 3.8) is 0 Å². The van der Waals surface area contributed by atoms with Crippen molar-refractivity contribution in [2.24, 2.45) is 0 Å². The molecule has 1 aromatic carbocycles. The number of benzene rings is 1. The Bertz CT molecular complexity index is 308. The lowest BCUT2D eigenvalue weighted by molar-refractivity contribution is 0.0953. The molecular weight excluding hydrogens is 254 g/mol. The average Bonchev–Trinajstić information content (AvgIpc) is 2.29. The second-order valence-electron chi connectivity index (χ2n) is 3.44. The Morgan fingerprint density at radius 3 is 2.53 bits per heavy atom. The van der Waals surface area contributed by atoms with Crippen LogP contribution in [0.2, 0.25) is 0 Å². The summed E-state index contributed by atoms with van der Waals surface area (Å²) in [6.07, 6.45) is 2.13. The number of carbonyl (C=O) groups is 1. The Hall–Kier alpha value is -0.830. The molecule has 0 unspecified atom stereocenters. The molecule has 1 amide bonds. The highest BCUT2D eigenvalue weighted by molar-refractivity contribution is 9.08. The third-order valence-corrected chi connectivity index (χ3v) is 2.83.